The number of piperazine rings is 1. The fraction of sp³-hybridized carbons (Fsp3) is 0.579. The maximum atomic E-state index is 10.2. The smallest absolute Gasteiger partial charge is 0.223 e. The van der Waals surface area contributed by atoms with Crippen molar-refractivity contribution < 1.29 is 5.11 Å². The van der Waals surface area contributed by atoms with E-state index in [1.54, 1.807) is 6.92 Å². The van der Waals surface area contributed by atoms with Crippen molar-refractivity contribution in [2.75, 3.05) is 31.1 Å². The molecular weight excluding hydrogens is 328 g/mol. The third kappa shape index (κ3) is 2.74. The summed E-state index contributed by atoms with van der Waals surface area (Å²) >= 11 is 0. The van der Waals surface area contributed by atoms with Crippen LogP contribution in [0, 0.1) is 18.3 Å². The van der Waals surface area contributed by atoms with E-state index in [4.69, 9.17) is 4.98 Å². The largest absolute Gasteiger partial charge is 0.493 e. The Balaban J connectivity index is 1.80. The van der Waals surface area contributed by atoms with Gasteiger partial charge in [0.25, 0.3) is 0 Å². The van der Waals surface area contributed by atoms with Crippen LogP contribution in [0.25, 0.3) is 11.0 Å². The maximum Gasteiger partial charge on any atom is 0.223 e. The van der Waals surface area contributed by atoms with E-state index in [2.05, 4.69) is 39.7 Å². The van der Waals surface area contributed by atoms with Gasteiger partial charge in [-0.15, -0.1) is 0 Å². The lowest BCUT2D eigenvalue weighted by Crippen LogP contribution is -2.49. The van der Waals surface area contributed by atoms with Gasteiger partial charge < -0.3 is 10.0 Å². The number of nitrogens with zero attached hydrogens (tertiary/aromatic N) is 6. The molecule has 0 unspecified atom stereocenters. The van der Waals surface area contributed by atoms with Crippen LogP contribution in [0.4, 0.5) is 5.82 Å². The molecule has 2 aromatic rings. The summed E-state index contributed by atoms with van der Waals surface area (Å²) in [5, 5.41) is 20.5. The first-order valence-corrected chi connectivity index (χ1v) is 9.22. The van der Waals surface area contributed by atoms with Gasteiger partial charge in [0.15, 0.2) is 5.65 Å². The highest BCUT2D eigenvalue weighted by atomic mass is 16.3. The van der Waals surface area contributed by atoms with Gasteiger partial charge in [-0.25, -0.2) is 9.97 Å². The van der Waals surface area contributed by atoms with Crippen molar-refractivity contribution in [1.29, 1.82) is 5.26 Å². The van der Waals surface area contributed by atoms with Crippen molar-refractivity contribution in [3.63, 3.8) is 0 Å². The van der Waals surface area contributed by atoms with Crippen molar-refractivity contribution in [1.82, 2.24) is 19.9 Å². The van der Waals surface area contributed by atoms with Crippen molar-refractivity contribution in [2.24, 2.45) is 0 Å². The molecule has 0 aromatic carbocycles. The zero-order chi connectivity index (χ0) is 18.5. The predicted molar refractivity (Wildman–Crippen MR) is 99.2 cm³/mol. The lowest BCUT2D eigenvalue weighted by Gasteiger charge is -2.38. The van der Waals surface area contributed by atoms with Crippen molar-refractivity contribution in [3.8, 4) is 11.9 Å². The van der Waals surface area contributed by atoms with Gasteiger partial charge in [0, 0.05) is 37.8 Å². The molecule has 0 atom stereocenters. The standard InChI is InChI=1S/C19H24N6O/c1-12(2)24-6-8-25(9-7-24)17-15(19(11-20)4-5-19)10-14-16(23-17)21-13(3)22-18(14)26/h10,12H,4-9H2,1-3H3,(H,21,22,23,26). The second-order valence-electron chi connectivity index (χ2n) is 7.64. The third-order valence-corrected chi connectivity index (χ3v) is 5.58. The Morgan fingerprint density at radius 3 is 2.42 bits per heavy atom. The summed E-state index contributed by atoms with van der Waals surface area (Å²) in [6.07, 6.45) is 1.67. The summed E-state index contributed by atoms with van der Waals surface area (Å²) in [5.74, 6) is 1.27. The highest BCUT2D eigenvalue weighted by Gasteiger charge is 2.48. The summed E-state index contributed by atoms with van der Waals surface area (Å²) in [6, 6.07) is 4.89. The van der Waals surface area contributed by atoms with E-state index in [1.165, 1.54) is 0 Å². The summed E-state index contributed by atoms with van der Waals surface area (Å²) in [7, 11) is 0. The van der Waals surface area contributed by atoms with Crippen molar-refractivity contribution in [2.45, 2.75) is 45.1 Å². The third-order valence-electron chi connectivity index (χ3n) is 5.58. The summed E-state index contributed by atoms with van der Waals surface area (Å²) in [4.78, 5) is 18.0. The first kappa shape index (κ1) is 17.0. The molecule has 26 heavy (non-hydrogen) atoms. The minimum Gasteiger partial charge on any atom is -0.493 e. The zero-order valence-corrected chi connectivity index (χ0v) is 15.5. The van der Waals surface area contributed by atoms with E-state index in [-0.39, 0.29) is 5.88 Å². The number of rotatable bonds is 3. The fourth-order valence-corrected chi connectivity index (χ4v) is 3.75. The normalized spacial score (nSPS) is 19.7. The van der Waals surface area contributed by atoms with Crippen LogP contribution in [-0.4, -0.2) is 57.2 Å². The van der Waals surface area contributed by atoms with Gasteiger partial charge in [0.2, 0.25) is 5.88 Å². The molecule has 2 aliphatic rings. The highest BCUT2D eigenvalue weighted by Crippen LogP contribution is 2.51. The lowest BCUT2D eigenvalue weighted by molar-refractivity contribution is 0.209. The molecule has 0 amide bonds. The van der Waals surface area contributed by atoms with Crippen LogP contribution >= 0.6 is 0 Å². The predicted octanol–water partition coefficient (Wildman–Crippen LogP) is 2.12. The Labute approximate surface area is 153 Å². The number of aromatic nitrogens is 3. The van der Waals surface area contributed by atoms with Gasteiger partial charge in [-0.1, -0.05) is 0 Å². The van der Waals surface area contributed by atoms with E-state index >= 15 is 0 Å². The summed E-state index contributed by atoms with van der Waals surface area (Å²) < 4.78 is 0. The van der Waals surface area contributed by atoms with E-state index in [1.807, 2.05) is 6.07 Å². The number of aromatic hydroxyl groups is 1. The quantitative estimate of drug-likeness (QED) is 0.905. The van der Waals surface area contributed by atoms with Gasteiger partial charge in [-0.05, 0) is 39.7 Å². The monoisotopic (exact) mass is 352 g/mol. The van der Waals surface area contributed by atoms with E-state index in [9.17, 15) is 10.4 Å². The molecule has 1 saturated heterocycles. The van der Waals surface area contributed by atoms with E-state index in [0.29, 0.717) is 22.9 Å². The number of pyridine rings is 1. The summed E-state index contributed by atoms with van der Waals surface area (Å²) in [6.45, 7) is 9.88. The Kier molecular flexibility index (Phi) is 3.96. The number of fused-ring (bicyclic) bond motifs is 1. The van der Waals surface area contributed by atoms with Gasteiger partial charge in [0.1, 0.15) is 11.6 Å². The number of anilines is 1. The molecule has 2 fully saturated rings. The average molecular weight is 352 g/mol. The maximum absolute atomic E-state index is 10.2. The average Bonchev–Trinajstić information content (AvgIpc) is 3.42. The van der Waals surface area contributed by atoms with Gasteiger partial charge in [0.05, 0.1) is 16.9 Å². The first-order chi connectivity index (χ1) is 12.4. The Morgan fingerprint density at radius 2 is 1.85 bits per heavy atom. The molecule has 1 aliphatic heterocycles. The van der Waals surface area contributed by atoms with Crippen LogP contribution in [0.2, 0.25) is 0 Å². The first-order valence-electron chi connectivity index (χ1n) is 9.22. The van der Waals surface area contributed by atoms with Crippen LogP contribution in [0.5, 0.6) is 5.88 Å². The molecule has 7 heteroatoms. The molecule has 136 valence electrons. The highest BCUT2D eigenvalue weighted by molar-refractivity contribution is 5.84. The van der Waals surface area contributed by atoms with Gasteiger partial charge in [-0.2, -0.15) is 10.2 Å². The van der Waals surface area contributed by atoms with E-state index in [0.717, 1.165) is 50.4 Å². The molecule has 0 bridgehead atoms. The molecular formula is C19H24N6O. The fourth-order valence-electron chi connectivity index (χ4n) is 3.75. The van der Waals surface area contributed by atoms with Crippen molar-refractivity contribution >= 4 is 16.9 Å². The van der Waals surface area contributed by atoms with Crippen LogP contribution in [-0.2, 0) is 5.41 Å². The molecule has 1 aliphatic carbocycles. The number of aryl methyl sites for hydroxylation is 1. The van der Waals surface area contributed by atoms with Crippen LogP contribution in [0.1, 0.15) is 38.1 Å². The Morgan fingerprint density at radius 1 is 1.15 bits per heavy atom. The minimum absolute atomic E-state index is 0.0637. The van der Waals surface area contributed by atoms with Gasteiger partial charge >= 0.3 is 0 Å². The van der Waals surface area contributed by atoms with Crippen molar-refractivity contribution in [3.05, 3.63) is 17.5 Å². The molecule has 4 rings (SSSR count). The van der Waals surface area contributed by atoms with Crippen LogP contribution < -0.4 is 4.90 Å². The zero-order valence-electron chi connectivity index (χ0n) is 15.5. The van der Waals surface area contributed by atoms with Gasteiger partial charge in [-0.3, -0.25) is 4.90 Å². The second-order valence-corrected chi connectivity index (χ2v) is 7.64. The molecule has 1 saturated carbocycles. The number of hydrogen-bond acceptors (Lipinski definition) is 7. The Bertz CT molecular complexity index is 891. The molecule has 0 radical (unpaired) electrons. The minimum atomic E-state index is -0.483. The SMILES string of the molecule is Cc1nc(O)c2cc(C3(C#N)CC3)c(N3CCN(C(C)C)CC3)nc2n1. The molecule has 1 N–H and O–H groups in total. The number of nitriles is 1. The summed E-state index contributed by atoms with van der Waals surface area (Å²) in [5.41, 5.74) is 0.922. The molecule has 3 heterocycles. The molecule has 2 aromatic heterocycles. The Hall–Kier alpha value is -2.46. The topological polar surface area (TPSA) is 89.2 Å². The number of hydrogen-bond donors (Lipinski definition) is 1. The van der Waals surface area contributed by atoms with Crippen LogP contribution in [0.15, 0.2) is 6.07 Å². The van der Waals surface area contributed by atoms with Crippen LogP contribution in [0.3, 0.4) is 0 Å². The second kappa shape index (κ2) is 6.06. The van der Waals surface area contributed by atoms with E-state index < -0.39 is 5.41 Å². The molecule has 0 spiro atoms. The molecule has 7 nitrogen and oxygen atoms in total. The lowest BCUT2D eigenvalue weighted by atomic mass is 9.96.